The van der Waals surface area contributed by atoms with Crippen molar-refractivity contribution in [2.75, 3.05) is 52.3 Å². The van der Waals surface area contributed by atoms with Gasteiger partial charge in [0, 0.05) is 55.9 Å². The van der Waals surface area contributed by atoms with Crippen LogP contribution < -0.4 is 15.2 Å². The van der Waals surface area contributed by atoms with Crippen LogP contribution in [0.3, 0.4) is 0 Å². The van der Waals surface area contributed by atoms with Gasteiger partial charge >= 0.3 is 23.9 Å². The van der Waals surface area contributed by atoms with Gasteiger partial charge in [-0.05, 0) is 219 Å². The average molecular weight is 1780 g/mol. The summed E-state index contributed by atoms with van der Waals surface area (Å²) >= 11 is 0. The van der Waals surface area contributed by atoms with Crippen molar-refractivity contribution < 1.29 is 71.7 Å². The number of methoxy groups -OCH3 is 5. The zero-order valence-corrected chi connectivity index (χ0v) is 74.9. The third-order valence-corrected chi connectivity index (χ3v) is 20.9. The van der Waals surface area contributed by atoms with Gasteiger partial charge in [-0.2, -0.15) is 0 Å². The number of anilines is 2. The number of ether oxygens (including phenoxy) is 5. The van der Waals surface area contributed by atoms with Crippen molar-refractivity contribution in [1.29, 1.82) is 0 Å². The number of benzene rings is 12. The van der Waals surface area contributed by atoms with E-state index < -0.39 is 33.9 Å². The summed E-state index contributed by atoms with van der Waals surface area (Å²) in [6.07, 6.45) is 1.07. The van der Waals surface area contributed by atoms with E-state index in [2.05, 4.69) is 92.4 Å². The Labute approximate surface area is 761 Å². The van der Waals surface area contributed by atoms with Crippen LogP contribution in [0, 0.1) is 27.7 Å². The molecule has 0 aliphatic rings. The fourth-order valence-electron chi connectivity index (χ4n) is 13.2. The molecule has 4 heterocycles. The maximum Gasteiger partial charge on any atom is 0.337 e. The molecule has 0 atom stereocenters. The van der Waals surface area contributed by atoms with Gasteiger partial charge in [-0.15, -0.1) is 0 Å². The fourth-order valence-corrected chi connectivity index (χ4v) is 13.8. The highest BCUT2D eigenvalue weighted by Gasteiger charge is 2.24. The van der Waals surface area contributed by atoms with E-state index >= 15 is 0 Å². The number of nitrogens with two attached hydrogens (primary N) is 1. The Morgan fingerprint density at radius 2 is 0.538 bits per heavy atom. The van der Waals surface area contributed by atoms with Crippen molar-refractivity contribution in [3.05, 3.63) is 317 Å². The molecule has 664 valence electrons. The van der Waals surface area contributed by atoms with Gasteiger partial charge in [-0.3, -0.25) is 4.72 Å². The van der Waals surface area contributed by atoms with E-state index in [1.54, 1.807) is 189 Å². The van der Waals surface area contributed by atoms with Gasteiger partial charge in [0.25, 0.3) is 0 Å². The lowest BCUT2D eigenvalue weighted by Gasteiger charge is -2.19. The average Bonchev–Trinajstić information content (AvgIpc) is 0.800. The van der Waals surface area contributed by atoms with Crippen molar-refractivity contribution in [3.8, 4) is 165 Å². The molecule has 0 unspecified atom stereocenters. The molecule has 132 heavy (non-hydrogen) atoms. The van der Waals surface area contributed by atoms with Crippen LogP contribution in [0.25, 0.3) is 137 Å². The zero-order chi connectivity index (χ0) is 94.2. The Kier molecular flexibility index (Phi) is 28.7. The van der Waals surface area contributed by atoms with Gasteiger partial charge in [0.1, 0.15) is 28.7 Å². The Bertz CT molecular complexity index is 7070. The Balaban J connectivity index is 0.000000150. The first-order valence-corrected chi connectivity index (χ1v) is 42.8. The van der Waals surface area contributed by atoms with Crippen LogP contribution in [0.5, 0.6) is 28.7 Å². The number of nitrogens with zero attached hydrogens (tertiary/aromatic N) is 12. The molecule has 0 bridgehead atoms. The second-order valence-electron chi connectivity index (χ2n) is 31.2. The summed E-state index contributed by atoms with van der Waals surface area (Å²) in [7, 11) is 3.51. The molecule has 7 N–H and O–H groups in total. The largest absolute Gasteiger partial charge is 0.507 e. The van der Waals surface area contributed by atoms with Gasteiger partial charge in [-0.25, -0.2) is 87.4 Å². The lowest BCUT2D eigenvalue weighted by molar-refractivity contribution is 0.0592. The first kappa shape index (κ1) is 92.8. The van der Waals surface area contributed by atoms with Crippen molar-refractivity contribution in [3.63, 3.8) is 0 Å². The van der Waals surface area contributed by atoms with Crippen LogP contribution in [0.2, 0.25) is 0 Å². The first-order valence-electron chi connectivity index (χ1n) is 40.9. The number of nitrogen functional groups attached to an aromatic ring is 1. The molecule has 0 amide bonds. The first-order chi connectivity index (χ1) is 63.2. The summed E-state index contributed by atoms with van der Waals surface area (Å²) in [6, 6.07) is 77.6. The normalized spacial score (nSPS) is 10.9. The third kappa shape index (κ3) is 23.1. The van der Waals surface area contributed by atoms with E-state index in [9.17, 15) is 48.0 Å². The maximum atomic E-state index is 11.8. The Hall–Kier alpha value is -16.9. The second-order valence-corrected chi connectivity index (χ2v) is 33.0. The number of rotatable bonds is 19. The lowest BCUT2D eigenvalue weighted by Crippen LogP contribution is -2.10. The minimum atomic E-state index is -3.41. The number of aromatic nitrogens is 12. The van der Waals surface area contributed by atoms with Crippen molar-refractivity contribution in [2.45, 2.75) is 53.9 Å². The van der Waals surface area contributed by atoms with E-state index in [1.165, 1.54) is 34.0 Å². The highest BCUT2D eigenvalue weighted by molar-refractivity contribution is 7.92. The van der Waals surface area contributed by atoms with Crippen LogP contribution in [0.4, 0.5) is 11.4 Å². The third-order valence-electron chi connectivity index (χ3n) is 20.3. The molecule has 0 saturated carbocycles. The highest BCUT2D eigenvalue weighted by Crippen LogP contribution is 2.38. The highest BCUT2D eigenvalue weighted by atomic mass is 32.2. The monoisotopic (exact) mass is 1780 g/mol. The molecule has 0 radical (unpaired) electrons. The van der Waals surface area contributed by atoms with Crippen LogP contribution >= 0.6 is 0 Å². The van der Waals surface area contributed by atoms with Gasteiger partial charge in [-0.1, -0.05) is 130 Å². The summed E-state index contributed by atoms with van der Waals surface area (Å²) in [5.41, 5.74) is 21.1. The number of aromatic hydroxyl groups is 4. The van der Waals surface area contributed by atoms with Crippen LogP contribution in [0.15, 0.2) is 267 Å². The topological polar surface area (TPSA) is 422 Å². The van der Waals surface area contributed by atoms with E-state index in [0.29, 0.717) is 148 Å². The smallest absolute Gasteiger partial charge is 0.337 e. The predicted octanol–water partition coefficient (Wildman–Crippen LogP) is 19.0. The summed E-state index contributed by atoms with van der Waals surface area (Å²) in [5, 5.41) is 42.0. The van der Waals surface area contributed by atoms with E-state index in [0.717, 1.165) is 50.8 Å². The van der Waals surface area contributed by atoms with Crippen molar-refractivity contribution in [1.82, 2.24) is 59.8 Å². The lowest BCUT2D eigenvalue weighted by atomic mass is 9.87. The van der Waals surface area contributed by atoms with Gasteiger partial charge < -0.3 is 49.8 Å². The number of hydrogen-bond donors (Lipinski definition) is 6. The quantitative estimate of drug-likeness (QED) is 0.0249. The predicted molar refractivity (Wildman–Crippen MR) is 504 cm³/mol. The van der Waals surface area contributed by atoms with Crippen LogP contribution in [-0.2, 0) is 34.4 Å². The minimum absolute atomic E-state index is 0.0295. The molecule has 29 nitrogen and oxygen atoms in total. The molecule has 0 saturated heterocycles. The van der Waals surface area contributed by atoms with Gasteiger partial charge in [0.05, 0.1) is 86.3 Å². The van der Waals surface area contributed by atoms with E-state index in [-0.39, 0.29) is 34.2 Å². The molecule has 0 aliphatic heterocycles. The van der Waals surface area contributed by atoms with Crippen molar-refractivity contribution in [2.24, 2.45) is 0 Å². The van der Waals surface area contributed by atoms with Gasteiger partial charge in [0.2, 0.25) is 10.0 Å². The molecular weight excluding hydrogens is 1690 g/mol. The number of sulfonamides is 1. The summed E-state index contributed by atoms with van der Waals surface area (Å²) in [5.74, 6) is 3.86. The molecule has 12 aromatic carbocycles. The number of phenols is 4. The number of phenolic OH excluding ortho intramolecular Hbond substituents is 4. The number of nitrogens with one attached hydrogen (secondary N) is 1. The second kappa shape index (κ2) is 40.8. The van der Waals surface area contributed by atoms with Crippen molar-refractivity contribution >= 4 is 45.3 Å². The van der Waals surface area contributed by atoms with Gasteiger partial charge in [0.15, 0.2) is 69.9 Å². The van der Waals surface area contributed by atoms with Crippen LogP contribution in [0.1, 0.15) is 90.0 Å². The SMILES string of the molecule is COC(=O)c1ccc(-c2nc(-c3ccc(C(C)(C)C)cc3)nc(-c3ccc(C)cc3O)n2)cc1.COC(=O)c1ccc(-c2nc(-c3ccc(N)cc3)nc(-c3ccc(C)cc3O)n2)cc1.COC(=O)c1ccc(-c2nc(-c3ccc(NS(C)(=O)=O)cc3)nc(-c3ccc(C)cc3O)n2)cc1.COC(=O)c1ccc(-c2nc(-c3cccc(OC)c3)nc(-c3ccc(C)cc3O)n2)cc1. The van der Waals surface area contributed by atoms with Crippen LogP contribution in [-0.4, -0.2) is 154 Å². The zero-order valence-electron chi connectivity index (χ0n) is 74.0. The number of aryl methyl sites for hydroxylation is 4. The molecule has 0 aliphatic carbocycles. The Morgan fingerprint density at radius 1 is 0.303 bits per heavy atom. The number of carbonyl (C=O) groups is 4. The molecule has 4 aromatic heterocycles. The fraction of sp³-hybridized carbons (Fsp3) is 0.137. The molecule has 16 aromatic rings. The van der Waals surface area contributed by atoms with E-state index in [4.69, 9.17) is 34.4 Å². The summed E-state index contributed by atoms with van der Waals surface area (Å²) < 4.78 is 49.8. The minimum Gasteiger partial charge on any atom is -0.507 e. The summed E-state index contributed by atoms with van der Waals surface area (Å²) in [4.78, 5) is 102. The molecule has 0 spiro atoms. The molecule has 16 rings (SSSR count). The standard InChI is InChI=1S/C28H27N3O3.C25H22N4O5S.C25H21N3O4.C24H20N4O3/c1-17-6-15-22(23(32)16-17)26-30-24(18-7-9-20(10-8-18)27(33)34-5)29-25(31-26)19-11-13-21(14-12-19)28(2,3)4;1-15-4-13-20(21(30)14-15)24-27-22(16-5-7-18(8-6-16)25(31)34-2)26-23(28-24)17-9-11-19(12-10-17)29-35(3,32)33;1-15-7-12-20(21(29)13-15)24-27-22(16-8-10-17(11-9-16)25(30)32-3)26-23(28-24)18-5-4-6-19(14-18)31-2;1-14-3-12-19(20(29)13-14)23-27-21(15-4-6-17(7-5-15)24(30)31-2)26-22(28-23)16-8-10-18(25)11-9-16/h6-16,32H,1-5H3;4-14,29-30H,1-3H3;4-14,29H,1-3H3;3-13,29H,25H2,1-2H3. The van der Waals surface area contributed by atoms with E-state index in [1.807, 2.05) is 100 Å². The number of carbonyl (C=O) groups excluding carboxylic acids is 4. The number of hydrogen-bond acceptors (Lipinski definition) is 28. The summed E-state index contributed by atoms with van der Waals surface area (Å²) in [6.45, 7) is 14.1. The Morgan fingerprint density at radius 3 is 0.773 bits per heavy atom. The molecule has 0 fully saturated rings. The molecular formula is C102H90N14O15S. The maximum absolute atomic E-state index is 11.8. The molecule has 30 heteroatoms. The number of esters is 4.